The molecule has 0 heterocycles. The molecule has 3 aromatic carbocycles. The molecule has 0 unspecified atom stereocenters. The molecule has 0 aliphatic rings. The largest absolute Gasteiger partial charge is 0.0901 e. The summed E-state index contributed by atoms with van der Waals surface area (Å²) in [7, 11) is 0. The molecule has 0 saturated carbocycles. The van der Waals surface area contributed by atoms with Crippen LogP contribution in [0.25, 0.3) is 0 Å². The van der Waals surface area contributed by atoms with E-state index in [0.717, 1.165) is 0 Å². The van der Waals surface area contributed by atoms with Crippen LogP contribution in [-0.4, -0.2) is 0 Å². The number of hydrogen-bond acceptors (Lipinski definition) is 1. The van der Waals surface area contributed by atoms with Crippen molar-refractivity contribution in [3.05, 3.63) is 97.1 Å². The van der Waals surface area contributed by atoms with Crippen molar-refractivity contribution in [2.45, 2.75) is 9.79 Å². The van der Waals surface area contributed by atoms with Crippen molar-refractivity contribution < 1.29 is 0 Å². The van der Waals surface area contributed by atoms with E-state index in [1.807, 2.05) is 48.5 Å². The van der Waals surface area contributed by atoms with E-state index in [1.54, 1.807) is 11.8 Å². The van der Waals surface area contributed by atoms with Gasteiger partial charge in [0.05, 0.1) is 0 Å². The van der Waals surface area contributed by atoms with Crippen LogP contribution >= 0.6 is 11.8 Å². The van der Waals surface area contributed by atoms with Crippen LogP contribution in [0.2, 0.25) is 0 Å². The summed E-state index contributed by atoms with van der Waals surface area (Å²) in [6.07, 6.45) is 0. The quantitative estimate of drug-likeness (QED) is 0.587. The van der Waals surface area contributed by atoms with Crippen molar-refractivity contribution in [2.75, 3.05) is 0 Å². The van der Waals surface area contributed by atoms with Crippen molar-refractivity contribution in [3.63, 3.8) is 0 Å². The molecule has 0 atom stereocenters. The Labute approximate surface area is 119 Å². The first-order valence-corrected chi connectivity index (χ1v) is 7.05. The average molecular weight is 264 g/mol. The summed E-state index contributed by atoms with van der Waals surface area (Å²) in [5.74, 6) is 0. The minimum atomic E-state index is 1.29. The highest BCUT2D eigenvalue weighted by Crippen LogP contribution is 2.26. The van der Waals surface area contributed by atoms with Crippen LogP contribution in [0.5, 0.6) is 0 Å². The summed E-state index contributed by atoms with van der Waals surface area (Å²) in [4.78, 5) is 2.57. The van der Waals surface area contributed by atoms with Crippen LogP contribution in [0, 0.1) is 0 Å². The minimum Gasteiger partial charge on any atom is -0.0901 e. The second-order valence-corrected chi connectivity index (χ2v) is 5.03. The van der Waals surface area contributed by atoms with E-state index < -0.39 is 0 Å². The summed E-state index contributed by atoms with van der Waals surface area (Å²) in [5, 5.41) is 0. The molecule has 0 saturated heterocycles. The molecule has 0 fully saturated rings. The lowest BCUT2D eigenvalue weighted by Crippen LogP contribution is -1.70. The van der Waals surface area contributed by atoms with Crippen LogP contribution in [0.15, 0.2) is 107 Å². The molecule has 0 aliphatic heterocycles. The van der Waals surface area contributed by atoms with Crippen LogP contribution in [-0.2, 0) is 0 Å². The maximum absolute atomic E-state index is 2.12. The van der Waals surface area contributed by atoms with Gasteiger partial charge in [-0.3, -0.25) is 0 Å². The fourth-order valence-corrected chi connectivity index (χ4v) is 2.36. The first kappa shape index (κ1) is 13.4. The van der Waals surface area contributed by atoms with Crippen molar-refractivity contribution in [3.8, 4) is 0 Å². The molecule has 19 heavy (non-hydrogen) atoms. The number of benzene rings is 3. The first-order chi connectivity index (χ1) is 9.45. The fraction of sp³-hybridized carbons (Fsp3) is 0. The van der Waals surface area contributed by atoms with E-state index in [9.17, 15) is 0 Å². The standard InChI is InChI=1S/C12H10S.C6H6/c1-3-7-11(8-4-1)13-12-9-5-2-6-10-12;1-2-4-6-5-3-1/h1-10H;1-6H. The van der Waals surface area contributed by atoms with Crippen molar-refractivity contribution in [1.82, 2.24) is 0 Å². The molecule has 0 radical (unpaired) electrons. The lowest BCUT2D eigenvalue weighted by atomic mass is 10.4. The fourth-order valence-electron chi connectivity index (χ4n) is 1.50. The molecular formula is C18H16S. The van der Waals surface area contributed by atoms with E-state index >= 15 is 0 Å². The van der Waals surface area contributed by atoms with Crippen LogP contribution in [0.1, 0.15) is 0 Å². The minimum absolute atomic E-state index is 1.29. The van der Waals surface area contributed by atoms with Gasteiger partial charge in [0.15, 0.2) is 0 Å². The average Bonchev–Trinajstić information content (AvgIpc) is 2.52. The van der Waals surface area contributed by atoms with E-state index in [-0.39, 0.29) is 0 Å². The zero-order valence-electron chi connectivity index (χ0n) is 10.6. The Morgan fingerprint density at radius 1 is 0.368 bits per heavy atom. The van der Waals surface area contributed by atoms with Crippen LogP contribution < -0.4 is 0 Å². The summed E-state index contributed by atoms with van der Waals surface area (Å²) in [6.45, 7) is 0. The molecule has 0 nitrogen and oxygen atoms in total. The molecular weight excluding hydrogens is 248 g/mol. The lowest BCUT2D eigenvalue weighted by Gasteiger charge is -1.99. The van der Waals surface area contributed by atoms with Crippen molar-refractivity contribution in [1.29, 1.82) is 0 Å². The Morgan fingerprint density at radius 3 is 0.947 bits per heavy atom. The second kappa shape index (κ2) is 8.17. The molecule has 1 heteroatoms. The van der Waals surface area contributed by atoms with Gasteiger partial charge in [-0.15, -0.1) is 0 Å². The van der Waals surface area contributed by atoms with E-state index in [4.69, 9.17) is 0 Å². The highest BCUT2D eigenvalue weighted by atomic mass is 32.2. The van der Waals surface area contributed by atoms with Gasteiger partial charge in [0.2, 0.25) is 0 Å². The van der Waals surface area contributed by atoms with Crippen LogP contribution in [0.4, 0.5) is 0 Å². The Hall–Kier alpha value is -1.99. The zero-order valence-corrected chi connectivity index (χ0v) is 11.5. The van der Waals surface area contributed by atoms with Gasteiger partial charge in [-0.2, -0.15) is 0 Å². The Morgan fingerprint density at radius 2 is 0.632 bits per heavy atom. The van der Waals surface area contributed by atoms with Crippen molar-refractivity contribution >= 4 is 11.8 Å². The maximum Gasteiger partial charge on any atom is 0.0122 e. The second-order valence-electron chi connectivity index (χ2n) is 3.88. The molecule has 0 spiro atoms. The third kappa shape index (κ3) is 5.45. The van der Waals surface area contributed by atoms with E-state index in [0.29, 0.717) is 0 Å². The number of rotatable bonds is 2. The molecule has 0 amide bonds. The van der Waals surface area contributed by atoms with Gasteiger partial charge in [0, 0.05) is 9.79 Å². The molecule has 3 aromatic rings. The van der Waals surface area contributed by atoms with E-state index in [1.165, 1.54) is 9.79 Å². The third-order valence-corrected chi connectivity index (χ3v) is 3.40. The SMILES string of the molecule is c1ccc(Sc2ccccc2)cc1.c1ccccc1. The van der Waals surface area contributed by atoms with Gasteiger partial charge in [-0.1, -0.05) is 84.6 Å². The topological polar surface area (TPSA) is 0 Å². The zero-order chi connectivity index (χ0) is 13.2. The monoisotopic (exact) mass is 264 g/mol. The highest BCUT2D eigenvalue weighted by molar-refractivity contribution is 7.99. The summed E-state index contributed by atoms with van der Waals surface area (Å²) in [6, 6.07) is 32.8. The summed E-state index contributed by atoms with van der Waals surface area (Å²) in [5.41, 5.74) is 0. The Balaban J connectivity index is 0.000000186. The van der Waals surface area contributed by atoms with Crippen molar-refractivity contribution in [2.24, 2.45) is 0 Å². The predicted octanol–water partition coefficient (Wildman–Crippen LogP) is 5.52. The summed E-state index contributed by atoms with van der Waals surface area (Å²) >= 11 is 1.79. The Kier molecular flexibility index (Phi) is 5.78. The van der Waals surface area contributed by atoms with Gasteiger partial charge < -0.3 is 0 Å². The van der Waals surface area contributed by atoms with E-state index in [2.05, 4.69) is 48.5 Å². The molecule has 0 N–H and O–H groups in total. The van der Waals surface area contributed by atoms with Gasteiger partial charge in [0.1, 0.15) is 0 Å². The number of hydrogen-bond donors (Lipinski definition) is 0. The predicted molar refractivity (Wildman–Crippen MR) is 83.4 cm³/mol. The normalized spacial score (nSPS) is 9.26. The van der Waals surface area contributed by atoms with Crippen LogP contribution in [0.3, 0.4) is 0 Å². The van der Waals surface area contributed by atoms with Gasteiger partial charge in [-0.25, -0.2) is 0 Å². The molecule has 94 valence electrons. The smallest absolute Gasteiger partial charge is 0.0122 e. The third-order valence-electron chi connectivity index (χ3n) is 2.39. The molecule has 3 rings (SSSR count). The van der Waals surface area contributed by atoms with Gasteiger partial charge in [-0.05, 0) is 24.3 Å². The van der Waals surface area contributed by atoms with Gasteiger partial charge >= 0.3 is 0 Å². The molecule has 0 aromatic heterocycles. The maximum atomic E-state index is 2.12. The lowest BCUT2D eigenvalue weighted by molar-refractivity contribution is 1.41. The molecule has 0 bridgehead atoms. The highest BCUT2D eigenvalue weighted by Gasteiger charge is 1.93. The van der Waals surface area contributed by atoms with Gasteiger partial charge in [0.25, 0.3) is 0 Å². The first-order valence-electron chi connectivity index (χ1n) is 6.23. The summed E-state index contributed by atoms with van der Waals surface area (Å²) < 4.78 is 0. The molecule has 0 aliphatic carbocycles. The Bertz CT molecular complexity index is 483.